The molecule has 6 nitrogen and oxygen atoms in total. The van der Waals surface area contributed by atoms with Crippen LogP contribution in [0.3, 0.4) is 0 Å². The summed E-state index contributed by atoms with van der Waals surface area (Å²) in [4.78, 5) is 10.1. The van der Waals surface area contributed by atoms with Gasteiger partial charge in [-0.25, -0.2) is 18.4 Å². The average Bonchev–Trinajstić information content (AvgIpc) is 2.29. The van der Waals surface area contributed by atoms with E-state index < -0.39 is 9.84 Å². The Hall–Kier alpha value is -1.37. The Morgan fingerprint density at radius 1 is 1.29 bits per heavy atom. The molecule has 0 aliphatic heterocycles. The number of aromatic nitrogens is 2. The predicted octanol–water partition coefficient (Wildman–Crippen LogP) is 0.389. The highest BCUT2D eigenvalue weighted by atomic mass is 32.2. The van der Waals surface area contributed by atoms with Gasteiger partial charge in [0.15, 0.2) is 21.5 Å². The van der Waals surface area contributed by atoms with E-state index in [1.54, 1.807) is 19.3 Å². The minimum atomic E-state index is -2.95. The summed E-state index contributed by atoms with van der Waals surface area (Å²) in [6.45, 7) is 1.98. The van der Waals surface area contributed by atoms with E-state index in [-0.39, 0.29) is 11.5 Å². The van der Waals surface area contributed by atoms with E-state index in [0.29, 0.717) is 18.2 Å². The quantitative estimate of drug-likeness (QED) is 0.795. The van der Waals surface area contributed by atoms with Gasteiger partial charge in [0.05, 0.1) is 5.75 Å². The topological polar surface area (TPSA) is 75.2 Å². The molecule has 0 aromatic carbocycles. The lowest BCUT2D eigenvalue weighted by Crippen LogP contribution is -2.20. The Balaban J connectivity index is 2.64. The molecule has 0 saturated carbocycles. The van der Waals surface area contributed by atoms with Gasteiger partial charge in [-0.15, -0.1) is 0 Å². The van der Waals surface area contributed by atoms with Gasteiger partial charge in [0.25, 0.3) is 0 Å². The van der Waals surface area contributed by atoms with Crippen molar-refractivity contribution in [2.75, 3.05) is 42.4 Å². The lowest BCUT2D eigenvalue weighted by Gasteiger charge is -2.15. The molecule has 96 valence electrons. The molecule has 1 rings (SSSR count). The summed E-state index contributed by atoms with van der Waals surface area (Å²) >= 11 is 0. The van der Waals surface area contributed by atoms with Crippen molar-refractivity contribution in [3.8, 4) is 0 Å². The van der Waals surface area contributed by atoms with Gasteiger partial charge in [-0.05, 0) is 0 Å². The fourth-order valence-corrected chi connectivity index (χ4v) is 1.95. The first kappa shape index (κ1) is 13.7. The van der Waals surface area contributed by atoms with E-state index in [1.165, 1.54) is 0 Å². The standard InChI is InChI=1S/C10H18N4O2S/c1-4-17(15,16)8-7-12-9-10(14(2)3)13-6-5-11-9/h5-6H,4,7-8H2,1-3H3,(H,11,12). The highest BCUT2D eigenvalue weighted by Crippen LogP contribution is 2.16. The van der Waals surface area contributed by atoms with E-state index in [2.05, 4.69) is 15.3 Å². The maximum Gasteiger partial charge on any atom is 0.171 e. The molecule has 0 spiro atoms. The summed E-state index contributed by atoms with van der Waals surface area (Å²) in [5, 5.41) is 2.99. The number of hydrogen-bond donors (Lipinski definition) is 1. The average molecular weight is 258 g/mol. The molecule has 7 heteroatoms. The Bertz CT molecular complexity index is 459. The van der Waals surface area contributed by atoms with Crippen LogP contribution < -0.4 is 10.2 Å². The van der Waals surface area contributed by atoms with Crippen LogP contribution in [0.1, 0.15) is 6.92 Å². The molecule has 0 aliphatic rings. The van der Waals surface area contributed by atoms with Crippen molar-refractivity contribution in [3.05, 3.63) is 12.4 Å². The second-order valence-corrected chi connectivity index (χ2v) is 6.26. The lowest BCUT2D eigenvalue weighted by molar-refractivity contribution is 0.597. The molecule has 17 heavy (non-hydrogen) atoms. The van der Waals surface area contributed by atoms with Gasteiger partial charge in [-0.1, -0.05) is 6.92 Å². The van der Waals surface area contributed by atoms with Crippen molar-refractivity contribution < 1.29 is 8.42 Å². The van der Waals surface area contributed by atoms with Crippen molar-refractivity contribution in [3.63, 3.8) is 0 Å². The van der Waals surface area contributed by atoms with E-state index in [0.717, 1.165) is 0 Å². The fraction of sp³-hybridized carbons (Fsp3) is 0.600. The zero-order chi connectivity index (χ0) is 12.9. The lowest BCUT2D eigenvalue weighted by atomic mass is 10.5. The first-order chi connectivity index (χ1) is 7.96. The minimum Gasteiger partial charge on any atom is -0.366 e. The third-order valence-electron chi connectivity index (χ3n) is 2.25. The predicted molar refractivity (Wildman–Crippen MR) is 69.2 cm³/mol. The van der Waals surface area contributed by atoms with Gasteiger partial charge in [0.2, 0.25) is 0 Å². The molecule has 1 N–H and O–H groups in total. The van der Waals surface area contributed by atoms with Crippen LogP contribution in [0.25, 0.3) is 0 Å². The maximum absolute atomic E-state index is 11.3. The molecule has 0 atom stereocenters. The van der Waals surface area contributed by atoms with Crippen LogP contribution in [0, 0.1) is 0 Å². The van der Waals surface area contributed by atoms with Crippen molar-refractivity contribution in [1.82, 2.24) is 9.97 Å². The SMILES string of the molecule is CCS(=O)(=O)CCNc1nccnc1N(C)C. The number of nitrogens with zero attached hydrogens (tertiary/aromatic N) is 3. The van der Waals surface area contributed by atoms with Gasteiger partial charge in [-0.2, -0.15) is 0 Å². The second-order valence-electron chi connectivity index (χ2n) is 3.79. The molecule has 0 aliphatic carbocycles. The minimum absolute atomic E-state index is 0.104. The zero-order valence-electron chi connectivity index (χ0n) is 10.3. The molecule has 1 aromatic heterocycles. The van der Waals surface area contributed by atoms with Gasteiger partial charge >= 0.3 is 0 Å². The number of sulfone groups is 1. The third-order valence-corrected chi connectivity index (χ3v) is 3.95. The highest BCUT2D eigenvalue weighted by Gasteiger charge is 2.09. The largest absolute Gasteiger partial charge is 0.366 e. The molecule has 1 aromatic rings. The molecule has 0 saturated heterocycles. The molecule has 0 amide bonds. The smallest absolute Gasteiger partial charge is 0.171 e. The van der Waals surface area contributed by atoms with E-state index >= 15 is 0 Å². The van der Waals surface area contributed by atoms with Crippen molar-refractivity contribution >= 4 is 21.5 Å². The van der Waals surface area contributed by atoms with Crippen molar-refractivity contribution in [1.29, 1.82) is 0 Å². The van der Waals surface area contributed by atoms with Crippen LogP contribution in [-0.2, 0) is 9.84 Å². The van der Waals surface area contributed by atoms with Gasteiger partial charge in [0.1, 0.15) is 0 Å². The van der Waals surface area contributed by atoms with E-state index in [1.807, 2.05) is 19.0 Å². The monoisotopic (exact) mass is 258 g/mol. The van der Waals surface area contributed by atoms with Gasteiger partial charge in [-0.3, -0.25) is 0 Å². The Morgan fingerprint density at radius 3 is 2.53 bits per heavy atom. The van der Waals surface area contributed by atoms with Crippen LogP contribution in [0.2, 0.25) is 0 Å². The number of anilines is 2. The summed E-state index contributed by atoms with van der Waals surface area (Å²) in [6, 6.07) is 0. The molecule has 0 radical (unpaired) electrons. The summed E-state index contributed by atoms with van der Waals surface area (Å²) in [7, 11) is 0.771. The molecular formula is C10H18N4O2S. The number of hydrogen-bond acceptors (Lipinski definition) is 6. The summed E-state index contributed by atoms with van der Waals surface area (Å²) in [5.74, 6) is 1.56. The Morgan fingerprint density at radius 2 is 1.94 bits per heavy atom. The first-order valence-corrected chi connectivity index (χ1v) is 7.21. The maximum atomic E-state index is 11.3. The highest BCUT2D eigenvalue weighted by molar-refractivity contribution is 7.91. The molecule has 0 fully saturated rings. The van der Waals surface area contributed by atoms with Gasteiger partial charge < -0.3 is 10.2 Å². The van der Waals surface area contributed by atoms with Gasteiger partial charge in [0, 0.05) is 38.8 Å². The zero-order valence-corrected chi connectivity index (χ0v) is 11.2. The van der Waals surface area contributed by atoms with Crippen LogP contribution in [-0.4, -0.2) is 50.5 Å². The second kappa shape index (κ2) is 5.81. The molecule has 1 heterocycles. The number of rotatable bonds is 6. The molecule has 0 unspecified atom stereocenters. The fourth-order valence-electron chi connectivity index (χ4n) is 1.25. The third kappa shape index (κ3) is 4.18. The first-order valence-electron chi connectivity index (χ1n) is 5.39. The van der Waals surface area contributed by atoms with Crippen LogP contribution in [0.15, 0.2) is 12.4 Å². The summed E-state index contributed by atoms with van der Waals surface area (Å²) < 4.78 is 22.6. The molecular weight excluding hydrogens is 240 g/mol. The Labute approximate surface area is 102 Å². The van der Waals surface area contributed by atoms with Crippen LogP contribution >= 0.6 is 0 Å². The van der Waals surface area contributed by atoms with Crippen LogP contribution in [0.4, 0.5) is 11.6 Å². The normalized spacial score (nSPS) is 11.2. The van der Waals surface area contributed by atoms with E-state index in [9.17, 15) is 8.42 Å². The number of nitrogens with one attached hydrogen (secondary N) is 1. The Kier molecular flexibility index (Phi) is 4.68. The summed E-state index contributed by atoms with van der Waals surface area (Å²) in [5.41, 5.74) is 0. The van der Waals surface area contributed by atoms with Crippen molar-refractivity contribution in [2.45, 2.75) is 6.92 Å². The van der Waals surface area contributed by atoms with Crippen LogP contribution in [0.5, 0.6) is 0 Å². The van der Waals surface area contributed by atoms with E-state index in [4.69, 9.17) is 0 Å². The van der Waals surface area contributed by atoms with Crippen molar-refractivity contribution in [2.24, 2.45) is 0 Å². The molecule has 0 bridgehead atoms. The summed E-state index contributed by atoms with van der Waals surface area (Å²) in [6.07, 6.45) is 3.17.